The molecule has 0 bridgehead atoms. The molecule has 0 aliphatic carbocycles. The van der Waals surface area contributed by atoms with Crippen LogP contribution < -0.4 is 0 Å². The summed E-state index contributed by atoms with van der Waals surface area (Å²) in [6.45, 7) is 0. The Morgan fingerprint density at radius 3 is 1.68 bits per heavy atom. The minimum Gasteiger partial charge on any atom is -0.298 e. The number of aldehydes is 1. The molecule has 2 heteroatoms. The largest absolute Gasteiger partial charge is 0.298 e. The van der Waals surface area contributed by atoms with Crippen molar-refractivity contribution in [3.05, 3.63) is 95.6 Å². The lowest BCUT2D eigenvalue weighted by Crippen LogP contribution is -2.00. The van der Waals surface area contributed by atoms with Crippen molar-refractivity contribution in [3.8, 4) is 11.1 Å². The highest BCUT2D eigenvalue weighted by molar-refractivity contribution is 6.09. The maximum Gasteiger partial charge on any atom is 0.193 e. The zero-order valence-electron chi connectivity index (χ0n) is 11.9. The van der Waals surface area contributed by atoms with E-state index in [-0.39, 0.29) is 5.78 Å². The van der Waals surface area contributed by atoms with Gasteiger partial charge in [-0.25, -0.2) is 0 Å². The smallest absolute Gasteiger partial charge is 0.193 e. The SMILES string of the molecule is O=Cc1ccc(-c2ccc(C(=O)c3ccccc3)cc2)cc1. The van der Waals surface area contributed by atoms with Gasteiger partial charge in [0.1, 0.15) is 6.29 Å². The molecule has 0 saturated heterocycles. The van der Waals surface area contributed by atoms with Crippen LogP contribution in [0.5, 0.6) is 0 Å². The highest BCUT2D eigenvalue weighted by Crippen LogP contribution is 2.21. The van der Waals surface area contributed by atoms with E-state index in [1.165, 1.54) is 0 Å². The summed E-state index contributed by atoms with van der Waals surface area (Å²) in [5.74, 6) is 0.0171. The summed E-state index contributed by atoms with van der Waals surface area (Å²) < 4.78 is 0. The van der Waals surface area contributed by atoms with Gasteiger partial charge >= 0.3 is 0 Å². The molecule has 3 aromatic carbocycles. The van der Waals surface area contributed by atoms with Crippen molar-refractivity contribution in [3.63, 3.8) is 0 Å². The third-order valence-corrected chi connectivity index (χ3v) is 3.56. The lowest BCUT2D eigenvalue weighted by molar-refractivity contribution is 0.103. The number of carbonyl (C=O) groups excluding carboxylic acids is 2. The molecule has 0 radical (unpaired) electrons. The van der Waals surface area contributed by atoms with E-state index >= 15 is 0 Å². The fraction of sp³-hybridized carbons (Fsp3) is 0. The van der Waals surface area contributed by atoms with Crippen molar-refractivity contribution in [2.75, 3.05) is 0 Å². The Morgan fingerprint density at radius 1 is 0.636 bits per heavy atom. The normalized spacial score (nSPS) is 10.2. The zero-order valence-corrected chi connectivity index (χ0v) is 11.9. The van der Waals surface area contributed by atoms with Crippen molar-refractivity contribution in [1.29, 1.82) is 0 Å². The second kappa shape index (κ2) is 6.19. The summed E-state index contributed by atoms with van der Waals surface area (Å²) >= 11 is 0. The van der Waals surface area contributed by atoms with E-state index < -0.39 is 0 Å². The molecule has 0 atom stereocenters. The minimum atomic E-state index is 0.0171. The molecule has 0 heterocycles. The third kappa shape index (κ3) is 2.86. The van der Waals surface area contributed by atoms with Crippen LogP contribution in [0.15, 0.2) is 78.9 Å². The lowest BCUT2D eigenvalue weighted by atomic mass is 9.99. The molecule has 3 aromatic rings. The van der Waals surface area contributed by atoms with Gasteiger partial charge in [-0.15, -0.1) is 0 Å². The van der Waals surface area contributed by atoms with E-state index in [0.717, 1.165) is 17.4 Å². The highest BCUT2D eigenvalue weighted by atomic mass is 16.1. The molecular formula is C20H14O2. The number of hydrogen-bond donors (Lipinski definition) is 0. The van der Waals surface area contributed by atoms with Gasteiger partial charge in [-0.1, -0.05) is 78.9 Å². The second-order valence-corrected chi connectivity index (χ2v) is 5.01. The first-order valence-electron chi connectivity index (χ1n) is 7.03. The third-order valence-electron chi connectivity index (χ3n) is 3.56. The molecule has 0 amide bonds. The molecule has 22 heavy (non-hydrogen) atoms. The van der Waals surface area contributed by atoms with E-state index in [1.54, 1.807) is 12.1 Å². The first kappa shape index (κ1) is 14.0. The van der Waals surface area contributed by atoms with E-state index in [2.05, 4.69) is 0 Å². The molecule has 0 unspecified atom stereocenters. The lowest BCUT2D eigenvalue weighted by Gasteiger charge is -2.05. The first-order valence-corrected chi connectivity index (χ1v) is 7.03. The van der Waals surface area contributed by atoms with Gasteiger partial charge in [0.15, 0.2) is 5.78 Å². The van der Waals surface area contributed by atoms with Crippen LogP contribution in [0, 0.1) is 0 Å². The average Bonchev–Trinajstić information content (AvgIpc) is 2.62. The van der Waals surface area contributed by atoms with Crippen LogP contribution in [0.1, 0.15) is 26.3 Å². The number of rotatable bonds is 4. The van der Waals surface area contributed by atoms with Crippen molar-refractivity contribution in [1.82, 2.24) is 0 Å². The monoisotopic (exact) mass is 286 g/mol. The molecule has 0 aromatic heterocycles. The predicted octanol–water partition coefficient (Wildman–Crippen LogP) is 4.40. The molecule has 0 N–H and O–H groups in total. The molecule has 106 valence electrons. The molecule has 0 aliphatic rings. The molecule has 0 spiro atoms. The summed E-state index contributed by atoms with van der Waals surface area (Å²) in [5.41, 5.74) is 4.04. The Kier molecular flexibility index (Phi) is 3.92. The Morgan fingerprint density at radius 2 is 1.14 bits per heavy atom. The maximum atomic E-state index is 12.3. The van der Waals surface area contributed by atoms with Gasteiger partial charge in [-0.05, 0) is 11.1 Å². The van der Waals surface area contributed by atoms with Gasteiger partial charge in [-0.3, -0.25) is 9.59 Å². The molecule has 0 aliphatic heterocycles. The van der Waals surface area contributed by atoms with Crippen LogP contribution in [-0.4, -0.2) is 12.1 Å². The summed E-state index contributed by atoms with van der Waals surface area (Å²) in [4.78, 5) is 23.0. The number of benzene rings is 3. The quantitative estimate of drug-likeness (QED) is 0.526. The number of hydrogen-bond acceptors (Lipinski definition) is 2. The second-order valence-electron chi connectivity index (χ2n) is 5.01. The van der Waals surface area contributed by atoms with Gasteiger partial charge < -0.3 is 0 Å². The predicted molar refractivity (Wildman–Crippen MR) is 87.1 cm³/mol. The zero-order chi connectivity index (χ0) is 15.4. The van der Waals surface area contributed by atoms with Crippen molar-refractivity contribution in [2.45, 2.75) is 0 Å². The van der Waals surface area contributed by atoms with Gasteiger partial charge in [0.25, 0.3) is 0 Å². The Hall–Kier alpha value is -3.00. The summed E-state index contributed by atoms with van der Waals surface area (Å²) in [6, 6.07) is 24.1. The average molecular weight is 286 g/mol. The summed E-state index contributed by atoms with van der Waals surface area (Å²) in [7, 11) is 0. The Labute approximate surface area is 129 Å². The van der Waals surface area contributed by atoms with Crippen LogP contribution in [0.25, 0.3) is 11.1 Å². The highest BCUT2D eigenvalue weighted by Gasteiger charge is 2.08. The summed E-state index contributed by atoms with van der Waals surface area (Å²) in [5, 5.41) is 0. The van der Waals surface area contributed by atoms with Crippen molar-refractivity contribution >= 4 is 12.1 Å². The molecular weight excluding hydrogens is 272 g/mol. The van der Waals surface area contributed by atoms with E-state index in [1.807, 2.05) is 66.7 Å². The van der Waals surface area contributed by atoms with Gasteiger partial charge in [-0.2, -0.15) is 0 Å². The van der Waals surface area contributed by atoms with Crippen molar-refractivity contribution in [2.24, 2.45) is 0 Å². The number of carbonyl (C=O) groups is 2. The molecule has 0 fully saturated rings. The van der Waals surface area contributed by atoms with Crippen LogP contribution in [0.2, 0.25) is 0 Å². The van der Waals surface area contributed by atoms with Gasteiger partial charge in [0.2, 0.25) is 0 Å². The van der Waals surface area contributed by atoms with Gasteiger partial charge in [0, 0.05) is 16.7 Å². The van der Waals surface area contributed by atoms with Gasteiger partial charge in [0.05, 0.1) is 0 Å². The van der Waals surface area contributed by atoms with Crippen molar-refractivity contribution < 1.29 is 9.59 Å². The van der Waals surface area contributed by atoms with Crippen LogP contribution >= 0.6 is 0 Å². The fourth-order valence-electron chi connectivity index (χ4n) is 2.32. The Balaban J connectivity index is 1.86. The summed E-state index contributed by atoms with van der Waals surface area (Å²) in [6.07, 6.45) is 0.825. The van der Waals surface area contributed by atoms with E-state index in [0.29, 0.717) is 16.7 Å². The minimum absolute atomic E-state index is 0.0171. The molecule has 0 saturated carbocycles. The first-order chi connectivity index (χ1) is 10.8. The Bertz CT molecular complexity index is 785. The van der Waals surface area contributed by atoms with Crippen LogP contribution in [-0.2, 0) is 0 Å². The standard InChI is InChI=1S/C20H14O2/c21-14-15-6-8-16(9-7-15)17-10-12-19(13-11-17)20(22)18-4-2-1-3-5-18/h1-14H. The van der Waals surface area contributed by atoms with E-state index in [9.17, 15) is 9.59 Å². The number of ketones is 1. The molecule has 2 nitrogen and oxygen atoms in total. The topological polar surface area (TPSA) is 34.1 Å². The van der Waals surface area contributed by atoms with Crippen LogP contribution in [0.3, 0.4) is 0 Å². The fourth-order valence-corrected chi connectivity index (χ4v) is 2.32. The maximum absolute atomic E-state index is 12.3. The molecule has 3 rings (SSSR count). The van der Waals surface area contributed by atoms with Crippen LogP contribution in [0.4, 0.5) is 0 Å². The van der Waals surface area contributed by atoms with E-state index in [4.69, 9.17) is 0 Å².